The zero-order valence-electron chi connectivity index (χ0n) is 7.79. The summed E-state index contributed by atoms with van der Waals surface area (Å²) in [6.07, 6.45) is 0.747. The average Bonchev–Trinajstić information content (AvgIpc) is 2.64. The third kappa shape index (κ3) is 1.47. The van der Waals surface area contributed by atoms with Gasteiger partial charge >= 0.3 is 0 Å². The Balaban J connectivity index is 2.41. The Morgan fingerprint density at radius 1 is 1.50 bits per heavy atom. The fourth-order valence-electron chi connectivity index (χ4n) is 1.63. The second-order valence-electron chi connectivity index (χ2n) is 3.43. The molecule has 0 aliphatic carbocycles. The van der Waals surface area contributed by atoms with Gasteiger partial charge in [0, 0.05) is 24.6 Å². The largest absolute Gasteiger partial charge is 0.490 e. The minimum absolute atomic E-state index is 0.296. The minimum atomic E-state index is -0.334. The zero-order chi connectivity index (χ0) is 10.1. The summed E-state index contributed by atoms with van der Waals surface area (Å²) in [5.74, 6) is 0.0388. The molecule has 1 atom stereocenters. The van der Waals surface area contributed by atoms with Crippen molar-refractivity contribution < 1.29 is 9.13 Å². The molecule has 0 bridgehead atoms. The molecule has 4 heteroatoms. The Bertz CT molecular complexity index is 354. The fourth-order valence-corrected chi connectivity index (χ4v) is 1.63. The van der Waals surface area contributed by atoms with E-state index in [0.717, 1.165) is 17.5 Å². The highest BCUT2D eigenvalue weighted by atomic mass is 19.1. The molecule has 3 nitrogen and oxygen atoms in total. The Morgan fingerprint density at radius 2 is 2.29 bits per heavy atom. The van der Waals surface area contributed by atoms with Gasteiger partial charge in [-0.3, -0.25) is 0 Å². The highest BCUT2D eigenvalue weighted by molar-refractivity contribution is 5.42. The third-order valence-electron chi connectivity index (χ3n) is 2.44. The summed E-state index contributed by atoms with van der Waals surface area (Å²) in [5, 5.41) is 0. The number of halogens is 1. The van der Waals surface area contributed by atoms with Crippen LogP contribution in [0.4, 0.5) is 4.39 Å². The van der Waals surface area contributed by atoms with Crippen LogP contribution in [0, 0.1) is 5.82 Å². The number of nitrogens with two attached hydrogens (primary N) is 2. The molecule has 4 N–H and O–H groups in total. The number of fused-ring (bicyclic) bond motifs is 1. The Morgan fingerprint density at radius 3 is 3.00 bits per heavy atom. The Kier molecular flexibility index (Phi) is 2.39. The standard InChI is InChI=1S/C10H13FN2O/c11-8-4-7(9(13)5-12)3-6-1-2-14-10(6)8/h3-4,9H,1-2,5,12-13H2. The monoisotopic (exact) mass is 196 g/mol. The predicted octanol–water partition coefficient (Wildman–Crippen LogP) is 0.719. The van der Waals surface area contributed by atoms with E-state index < -0.39 is 0 Å². The molecule has 14 heavy (non-hydrogen) atoms. The van der Waals surface area contributed by atoms with Crippen molar-refractivity contribution in [3.63, 3.8) is 0 Å². The van der Waals surface area contributed by atoms with E-state index in [1.807, 2.05) is 6.07 Å². The van der Waals surface area contributed by atoms with Gasteiger partial charge in [-0.15, -0.1) is 0 Å². The lowest BCUT2D eigenvalue weighted by Crippen LogP contribution is -2.20. The molecule has 0 spiro atoms. The molecular formula is C10H13FN2O. The summed E-state index contributed by atoms with van der Waals surface area (Å²) in [7, 11) is 0. The Labute approximate surface area is 81.8 Å². The van der Waals surface area contributed by atoms with Gasteiger partial charge < -0.3 is 16.2 Å². The normalized spacial score (nSPS) is 16.2. The average molecular weight is 196 g/mol. The van der Waals surface area contributed by atoms with Crippen molar-refractivity contribution >= 4 is 0 Å². The van der Waals surface area contributed by atoms with E-state index in [4.69, 9.17) is 16.2 Å². The van der Waals surface area contributed by atoms with Gasteiger partial charge in [0.1, 0.15) is 0 Å². The maximum absolute atomic E-state index is 13.4. The summed E-state index contributed by atoms with van der Waals surface area (Å²) in [5.41, 5.74) is 12.8. The molecule has 0 saturated heterocycles. The molecule has 2 rings (SSSR count). The number of ether oxygens (including phenoxy) is 1. The number of benzene rings is 1. The first kappa shape index (κ1) is 9.43. The second-order valence-corrected chi connectivity index (χ2v) is 3.43. The van der Waals surface area contributed by atoms with Gasteiger partial charge in [-0.05, 0) is 11.6 Å². The number of hydrogen-bond acceptors (Lipinski definition) is 3. The van der Waals surface area contributed by atoms with Crippen LogP contribution in [0.1, 0.15) is 17.2 Å². The van der Waals surface area contributed by atoms with Crippen LogP contribution in [-0.4, -0.2) is 13.2 Å². The molecule has 1 unspecified atom stereocenters. The van der Waals surface area contributed by atoms with E-state index in [2.05, 4.69) is 0 Å². The van der Waals surface area contributed by atoms with E-state index in [9.17, 15) is 4.39 Å². The van der Waals surface area contributed by atoms with Crippen molar-refractivity contribution in [2.45, 2.75) is 12.5 Å². The number of hydrogen-bond donors (Lipinski definition) is 2. The quantitative estimate of drug-likeness (QED) is 0.732. The fraction of sp³-hybridized carbons (Fsp3) is 0.400. The molecule has 76 valence electrons. The van der Waals surface area contributed by atoms with Crippen LogP contribution < -0.4 is 16.2 Å². The lowest BCUT2D eigenvalue weighted by molar-refractivity contribution is 0.339. The van der Waals surface area contributed by atoms with E-state index in [0.29, 0.717) is 18.9 Å². The Hall–Kier alpha value is -1.13. The highest BCUT2D eigenvalue weighted by Crippen LogP contribution is 2.30. The van der Waals surface area contributed by atoms with Gasteiger partial charge in [0.05, 0.1) is 6.61 Å². The lowest BCUT2D eigenvalue weighted by atomic mass is 10.0. The van der Waals surface area contributed by atoms with E-state index in [1.165, 1.54) is 6.07 Å². The topological polar surface area (TPSA) is 61.3 Å². The summed E-state index contributed by atoms with van der Waals surface area (Å²) in [6.45, 7) is 0.868. The van der Waals surface area contributed by atoms with Crippen LogP contribution in [0.15, 0.2) is 12.1 Å². The van der Waals surface area contributed by atoms with E-state index >= 15 is 0 Å². The van der Waals surface area contributed by atoms with Crippen LogP contribution in [0.25, 0.3) is 0 Å². The van der Waals surface area contributed by atoms with Crippen molar-refractivity contribution in [2.24, 2.45) is 11.5 Å². The van der Waals surface area contributed by atoms with Crippen molar-refractivity contribution in [2.75, 3.05) is 13.2 Å². The molecule has 0 radical (unpaired) electrons. The first-order valence-corrected chi connectivity index (χ1v) is 4.63. The van der Waals surface area contributed by atoms with Crippen LogP contribution in [-0.2, 0) is 6.42 Å². The molecule has 0 aromatic heterocycles. The van der Waals surface area contributed by atoms with Gasteiger partial charge in [0.2, 0.25) is 0 Å². The molecule has 0 fully saturated rings. The SMILES string of the molecule is NCC(N)c1cc(F)c2c(c1)CCO2. The van der Waals surface area contributed by atoms with Gasteiger partial charge in [0.25, 0.3) is 0 Å². The number of rotatable bonds is 2. The third-order valence-corrected chi connectivity index (χ3v) is 2.44. The van der Waals surface area contributed by atoms with Crippen LogP contribution >= 0.6 is 0 Å². The molecule has 0 saturated carbocycles. The molecule has 1 aromatic carbocycles. The summed E-state index contributed by atoms with van der Waals surface area (Å²) < 4.78 is 18.6. The minimum Gasteiger partial charge on any atom is -0.490 e. The lowest BCUT2D eigenvalue weighted by Gasteiger charge is -2.11. The predicted molar refractivity (Wildman–Crippen MR) is 51.6 cm³/mol. The molecule has 1 aliphatic rings. The summed E-state index contributed by atoms with van der Waals surface area (Å²) in [6, 6.07) is 2.99. The van der Waals surface area contributed by atoms with Crippen molar-refractivity contribution in [3.8, 4) is 5.75 Å². The van der Waals surface area contributed by atoms with Crippen molar-refractivity contribution in [1.29, 1.82) is 0 Å². The maximum atomic E-state index is 13.4. The first-order chi connectivity index (χ1) is 6.72. The van der Waals surface area contributed by atoms with Crippen molar-refractivity contribution in [1.82, 2.24) is 0 Å². The zero-order valence-corrected chi connectivity index (χ0v) is 7.79. The molecule has 0 amide bonds. The second kappa shape index (κ2) is 3.55. The van der Waals surface area contributed by atoms with E-state index in [1.54, 1.807) is 0 Å². The van der Waals surface area contributed by atoms with Gasteiger partial charge in [-0.2, -0.15) is 0 Å². The van der Waals surface area contributed by atoms with Gasteiger partial charge in [-0.1, -0.05) is 6.07 Å². The smallest absolute Gasteiger partial charge is 0.165 e. The van der Waals surface area contributed by atoms with Crippen LogP contribution in [0.5, 0.6) is 5.75 Å². The molecular weight excluding hydrogens is 183 g/mol. The van der Waals surface area contributed by atoms with E-state index in [-0.39, 0.29) is 11.9 Å². The highest BCUT2D eigenvalue weighted by Gasteiger charge is 2.19. The molecule has 1 heterocycles. The summed E-state index contributed by atoms with van der Waals surface area (Å²) in [4.78, 5) is 0. The first-order valence-electron chi connectivity index (χ1n) is 4.63. The molecule has 1 aliphatic heterocycles. The summed E-state index contributed by atoms with van der Waals surface area (Å²) >= 11 is 0. The maximum Gasteiger partial charge on any atom is 0.165 e. The van der Waals surface area contributed by atoms with Crippen molar-refractivity contribution in [3.05, 3.63) is 29.1 Å². The van der Waals surface area contributed by atoms with Crippen LogP contribution in [0.2, 0.25) is 0 Å². The van der Waals surface area contributed by atoms with Crippen LogP contribution in [0.3, 0.4) is 0 Å². The molecule has 1 aromatic rings. The van der Waals surface area contributed by atoms with Gasteiger partial charge in [-0.25, -0.2) is 4.39 Å². The van der Waals surface area contributed by atoms with Gasteiger partial charge in [0.15, 0.2) is 11.6 Å².